The van der Waals surface area contributed by atoms with Crippen molar-refractivity contribution in [2.75, 3.05) is 5.32 Å². The molecule has 2 aromatic heterocycles. The Morgan fingerprint density at radius 1 is 1.11 bits per heavy atom. The summed E-state index contributed by atoms with van der Waals surface area (Å²) in [5.41, 5.74) is 2.16. The van der Waals surface area contributed by atoms with E-state index in [9.17, 15) is 18.4 Å². The van der Waals surface area contributed by atoms with Crippen LogP contribution in [0.4, 0.5) is 14.7 Å². The van der Waals surface area contributed by atoms with Crippen LogP contribution in [0.3, 0.4) is 0 Å². The maximum absolute atomic E-state index is 14.7. The largest absolute Gasteiger partial charge is 0.351 e. The maximum Gasteiger partial charge on any atom is 0.272 e. The number of anilines is 1. The molecule has 2 N–H and O–H groups in total. The third kappa shape index (κ3) is 4.11. The second kappa shape index (κ2) is 8.23. The smallest absolute Gasteiger partial charge is 0.272 e. The molecule has 176 valence electrons. The molecule has 0 radical (unpaired) electrons. The molecule has 3 heterocycles. The van der Waals surface area contributed by atoms with Crippen LogP contribution in [0.25, 0.3) is 10.8 Å². The third-order valence-electron chi connectivity index (χ3n) is 6.32. The summed E-state index contributed by atoms with van der Waals surface area (Å²) in [6, 6.07) is 8.62. The molecule has 8 nitrogen and oxygen atoms in total. The van der Waals surface area contributed by atoms with Crippen LogP contribution in [0.15, 0.2) is 47.4 Å². The highest BCUT2D eigenvalue weighted by Gasteiger charge is 2.29. The number of fused-ring (bicyclic) bond motifs is 2. The van der Waals surface area contributed by atoms with E-state index in [1.54, 1.807) is 17.2 Å². The first-order chi connectivity index (χ1) is 16.9. The second-order valence-electron chi connectivity index (χ2n) is 8.93. The average molecular weight is 474 g/mol. The number of rotatable bonds is 5. The topological polar surface area (TPSA) is 104 Å². The molecule has 10 heteroatoms. The van der Waals surface area contributed by atoms with Crippen LogP contribution in [-0.4, -0.2) is 37.0 Å². The lowest BCUT2D eigenvalue weighted by atomic mass is 10.0. The van der Waals surface area contributed by atoms with Crippen molar-refractivity contribution in [3.63, 3.8) is 0 Å². The highest BCUT2D eigenvalue weighted by molar-refractivity contribution is 5.95. The first-order valence-corrected chi connectivity index (χ1v) is 11.3. The Hall–Kier alpha value is -4.21. The van der Waals surface area contributed by atoms with Crippen molar-refractivity contribution >= 4 is 22.6 Å². The minimum Gasteiger partial charge on any atom is -0.351 e. The number of hydrogen-bond donors (Lipinski definition) is 2. The minimum atomic E-state index is -0.627. The fourth-order valence-electron chi connectivity index (χ4n) is 4.32. The van der Waals surface area contributed by atoms with Gasteiger partial charge in [-0.05, 0) is 48.7 Å². The van der Waals surface area contributed by atoms with Crippen LogP contribution in [0.5, 0.6) is 0 Å². The summed E-state index contributed by atoms with van der Waals surface area (Å²) in [6.45, 7) is 0.580. The van der Waals surface area contributed by atoms with E-state index in [-0.39, 0.29) is 23.9 Å². The van der Waals surface area contributed by atoms with E-state index in [0.29, 0.717) is 35.2 Å². The lowest BCUT2D eigenvalue weighted by Crippen LogP contribution is -2.26. The molecule has 1 aliphatic heterocycles. The van der Waals surface area contributed by atoms with Crippen molar-refractivity contribution in [2.24, 2.45) is 0 Å². The highest BCUT2D eigenvalue weighted by Crippen LogP contribution is 2.27. The Morgan fingerprint density at radius 2 is 1.97 bits per heavy atom. The van der Waals surface area contributed by atoms with Gasteiger partial charge in [-0.15, -0.1) is 0 Å². The van der Waals surface area contributed by atoms with E-state index >= 15 is 0 Å². The number of amides is 1. The number of aromatic amines is 1. The van der Waals surface area contributed by atoms with E-state index in [1.807, 2.05) is 0 Å². The lowest BCUT2D eigenvalue weighted by molar-refractivity contribution is 0.0745. The number of carbonyl (C=O) groups excluding carboxylic acids is 1. The van der Waals surface area contributed by atoms with E-state index in [0.717, 1.165) is 30.2 Å². The normalized spacial score (nSPS) is 14.9. The number of benzene rings is 2. The maximum atomic E-state index is 14.7. The molecular weight excluding hydrogens is 454 g/mol. The molecule has 4 aromatic rings. The number of aromatic nitrogens is 4. The van der Waals surface area contributed by atoms with Gasteiger partial charge in [-0.1, -0.05) is 6.07 Å². The zero-order chi connectivity index (χ0) is 24.1. The predicted molar refractivity (Wildman–Crippen MR) is 124 cm³/mol. The van der Waals surface area contributed by atoms with Gasteiger partial charge in [-0.3, -0.25) is 9.59 Å². The monoisotopic (exact) mass is 474 g/mol. The molecule has 2 aromatic carbocycles. The summed E-state index contributed by atoms with van der Waals surface area (Å²) in [4.78, 5) is 35.7. The van der Waals surface area contributed by atoms with Crippen LogP contribution in [0.2, 0.25) is 0 Å². The van der Waals surface area contributed by atoms with Crippen LogP contribution < -0.4 is 10.9 Å². The van der Waals surface area contributed by atoms with Crippen molar-refractivity contribution < 1.29 is 13.6 Å². The van der Waals surface area contributed by atoms with Crippen LogP contribution in [0, 0.1) is 11.6 Å². The molecule has 0 atom stereocenters. The van der Waals surface area contributed by atoms with Crippen LogP contribution in [0.1, 0.15) is 45.7 Å². The van der Waals surface area contributed by atoms with Gasteiger partial charge in [-0.25, -0.2) is 23.8 Å². The molecule has 0 bridgehead atoms. The van der Waals surface area contributed by atoms with Gasteiger partial charge in [0.1, 0.15) is 11.6 Å². The highest BCUT2D eigenvalue weighted by atomic mass is 19.1. The molecular formula is C25H20F2N6O2. The fraction of sp³-hybridized carbons (Fsp3) is 0.240. The van der Waals surface area contributed by atoms with E-state index in [4.69, 9.17) is 0 Å². The summed E-state index contributed by atoms with van der Waals surface area (Å²) in [5, 5.41) is 10.4. The first kappa shape index (κ1) is 21.3. The van der Waals surface area contributed by atoms with E-state index < -0.39 is 23.1 Å². The van der Waals surface area contributed by atoms with Gasteiger partial charge in [0, 0.05) is 36.2 Å². The van der Waals surface area contributed by atoms with Gasteiger partial charge < -0.3 is 10.2 Å². The van der Waals surface area contributed by atoms with Crippen molar-refractivity contribution in [3.05, 3.63) is 92.7 Å². The van der Waals surface area contributed by atoms with Gasteiger partial charge in [0.05, 0.1) is 28.9 Å². The average Bonchev–Trinajstić information content (AvgIpc) is 3.56. The zero-order valence-electron chi connectivity index (χ0n) is 18.5. The Morgan fingerprint density at radius 3 is 2.80 bits per heavy atom. The van der Waals surface area contributed by atoms with Crippen molar-refractivity contribution in [2.45, 2.75) is 38.4 Å². The standard InChI is InChI=1S/C25H20F2N6O2/c26-15-2-5-17-18(9-15)23(34)32-31-21(17)8-13-1-6-20(27)19(7-13)24(35)33-11-14-10-28-25(29-16-3-4-16)30-22(14)12-33/h1-2,5-7,9-10,16H,3-4,8,11-12H2,(H,32,34)(H,28,29,30). The van der Waals surface area contributed by atoms with Crippen molar-refractivity contribution in [1.29, 1.82) is 0 Å². The summed E-state index contributed by atoms with van der Waals surface area (Å²) < 4.78 is 28.3. The van der Waals surface area contributed by atoms with Crippen molar-refractivity contribution in [1.82, 2.24) is 25.1 Å². The number of H-pyrrole nitrogens is 1. The first-order valence-electron chi connectivity index (χ1n) is 11.3. The Balaban J connectivity index is 1.25. The van der Waals surface area contributed by atoms with Crippen molar-refractivity contribution in [3.8, 4) is 0 Å². The van der Waals surface area contributed by atoms with Gasteiger partial charge in [-0.2, -0.15) is 5.10 Å². The summed E-state index contributed by atoms with van der Waals surface area (Å²) >= 11 is 0. The number of halogens is 2. The summed E-state index contributed by atoms with van der Waals surface area (Å²) in [6.07, 6.45) is 4.13. The van der Waals surface area contributed by atoms with Crippen LogP contribution in [-0.2, 0) is 19.5 Å². The quantitative estimate of drug-likeness (QED) is 0.460. The van der Waals surface area contributed by atoms with Gasteiger partial charge >= 0.3 is 0 Å². The number of nitrogens with zero attached hydrogens (tertiary/aromatic N) is 4. The molecule has 0 unspecified atom stereocenters. The summed E-state index contributed by atoms with van der Waals surface area (Å²) in [7, 11) is 0. The second-order valence-corrected chi connectivity index (χ2v) is 8.93. The zero-order valence-corrected chi connectivity index (χ0v) is 18.5. The molecule has 0 spiro atoms. The predicted octanol–water partition coefficient (Wildman–Crippen LogP) is 3.31. The molecule has 2 aliphatic rings. The van der Waals surface area contributed by atoms with Crippen LogP contribution >= 0.6 is 0 Å². The Kier molecular flexibility index (Phi) is 5.01. The van der Waals surface area contributed by atoms with Gasteiger partial charge in [0.25, 0.3) is 11.5 Å². The van der Waals surface area contributed by atoms with Gasteiger partial charge in [0.15, 0.2) is 0 Å². The SMILES string of the molecule is O=C(c1cc(Cc2n[nH]c(=O)c3cc(F)ccc23)ccc1F)N1Cc2cnc(NC3CC3)nc2C1. The van der Waals surface area contributed by atoms with E-state index in [2.05, 4.69) is 25.5 Å². The van der Waals surface area contributed by atoms with Gasteiger partial charge in [0.2, 0.25) is 5.95 Å². The molecule has 1 saturated carbocycles. The molecule has 6 rings (SSSR count). The molecule has 1 amide bonds. The molecule has 1 fully saturated rings. The lowest BCUT2D eigenvalue weighted by Gasteiger charge is -2.16. The van der Waals surface area contributed by atoms with E-state index in [1.165, 1.54) is 24.3 Å². The fourth-order valence-corrected chi connectivity index (χ4v) is 4.32. The summed E-state index contributed by atoms with van der Waals surface area (Å²) in [5.74, 6) is -1.05. The molecule has 35 heavy (non-hydrogen) atoms. The number of hydrogen-bond acceptors (Lipinski definition) is 6. The minimum absolute atomic E-state index is 0.0561. The number of nitrogens with one attached hydrogen (secondary N) is 2. The third-order valence-corrected chi connectivity index (χ3v) is 6.32. The molecule has 0 saturated heterocycles. The Bertz CT molecular complexity index is 1550. The Labute approximate surface area is 198 Å². The molecule has 1 aliphatic carbocycles. The number of carbonyl (C=O) groups is 1.